The van der Waals surface area contributed by atoms with Gasteiger partial charge in [-0.15, -0.1) is 0 Å². The maximum absolute atomic E-state index is 14.1. The van der Waals surface area contributed by atoms with Gasteiger partial charge in [-0.25, -0.2) is 4.39 Å². The Kier molecular flexibility index (Phi) is 6.50. The molecular weight excluding hydrogens is 415 g/mol. The quantitative estimate of drug-likeness (QED) is 0.595. The molecule has 3 aromatic rings. The zero-order chi connectivity index (χ0) is 20.5. The zero-order valence-corrected chi connectivity index (χ0v) is 18.2. The van der Waals surface area contributed by atoms with E-state index in [0.29, 0.717) is 12.1 Å². The second kappa shape index (κ2) is 9.30. The van der Waals surface area contributed by atoms with Crippen LogP contribution in [0.25, 0.3) is 10.1 Å². The normalized spacial score (nSPS) is 16.3. The Morgan fingerprint density at radius 1 is 1.10 bits per heavy atom. The molecule has 0 radical (unpaired) electrons. The molecule has 1 saturated heterocycles. The molecule has 6 nitrogen and oxygen atoms in total. The minimum absolute atomic E-state index is 0. The summed E-state index contributed by atoms with van der Waals surface area (Å²) in [5, 5.41) is 3.86. The first-order valence-corrected chi connectivity index (χ1v) is 11.4. The van der Waals surface area contributed by atoms with E-state index in [1.165, 1.54) is 10.1 Å². The van der Waals surface area contributed by atoms with Crippen LogP contribution in [0, 0.1) is 5.82 Å². The van der Waals surface area contributed by atoms with E-state index in [1.807, 2.05) is 6.07 Å². The molecule has 0 bridgehead atoms. The average molecular weight is 443 g/mol. The highest BCUT2D eigenvalue weighted by Gasteiger charge is 2.22. The monoisotopic (exact) mass is 442 g/mol. The predicted octanol–water partition coefficient (Wildman–Crippen LogP) is 3.25. The lowest BCUT2D eigenvalue weighted by molar-refractivity contribution is -0.115. The molecule has 1 aromatic heterocycles. The van der Waals surface area contributed by atoms with Crippen LogP contribution in [0.4, 0.5) is 15.9 Å². The molecule has 5 rings (SSSR count). The van der Waals surface area contributed by atoms with Crippen molar-refractivity contribution >= 4 is 39.0 Å². The SMILES string of the molecule is O.O=C1Cc2cc(CCCCN3CCN(c4nsc5ccccc45)CC3)cc(F)c2N1. The van der Waals surface area contributed by atoms with Crippen LogP contribution in [0.3, 0.4) is 0 Å². The molecule has 3 N–H and O–H groups in total. The van der Waals surface area contributed by atoms with E-state index in [-0.39, 0.29) is 17.2 Å². The highest BCUT2D eigenvalue weighted by molar-refractivity contribution is 7.13. The summed E-state index contributed by atoms with van der Waals surface area (Å²) in [4.78, 5) is 16.4. The number of carbonyl (C=O) groups is 1. The van der Waals surface area contributed by atoms with Crippen molar-refractivity contribution in [3.63, 3.8) is 0 Å². The number of benzene rings is 2. The lowest BCUT2D eigenvalue weighted by Crippen LogP contribution is -2.46. The molecule has 8 heteroatoms. The van der Waals surface area contributed by atoms with Crippen LogP contribution in [0.5, 0.6) is 0 Å². The van der Waals surface area contributed by atoms with Crippen LogP contribution in [0.1, 0.15) is 24.0 Å². The van der Waals surface area contributed by atoms with E-state index in [2.05, 4.69) is 43.8 Å². The molecule has 1 fully saturated rings. The molecule has 2 aliphatic heterocycles. The summed E-state index contributed by atoms with van der Waals surface area (Å²) in [7, 11) is 0. The zero-order valence-electron chi connectivity index (χ0n) is 17.4. The van der Waals surface area contributed by atoms with Gasteiger partial charge in [0, 0.05) is 31.6 Å². The number of unbranched alkanes of at least 4 members (excludes halogenated alkanes) is 1. The number of rotatable bonds is 6. The van der Waals surface area contributed by atoms with Gasteiger partial charge in [0.25, 0.3) is 0 Å². The van der Waals surface area contributed by atoms with E-state index in [4.69, 9.17) is 0 Å². The van der Waals surface area contributed by atoms with Gasteiger partial charge in [-0.05, 0) is 66.7 Å². The number of halogens is 1. The molecule has 31 heavy (non-hydrogen) atoms. The summed E-state index contributed by atoms with van der Waals surface area (Å²) in [5.41, 5.74) is 2.15. The van der Waals surface area contributed by atoms with Crippen molar-refractivity contribution in [2.24, 2.45) is 0 Å². The van der Waals surface area contributed by atoms with Gasteiger partial charge in [0.05, 0.1) is 16.8 Å². The van der Waals surface area contributed by atoms with Gasteiger partial charge in [0.15, 0.2) is 0 Å². The predicted molar refractivity (Wildman–Crippen MR) is 124 cm³/mol. The standard InChI is InChI=1S/C23H25FN4OS.H2O/c24-19-14-16(13-17-15-21(29)25-22(17)19)5-3-4-8-27-9-11-28(12-10-27)23-18-6-1-2-7-20(18)30-26-23;/h1-2,6-7,13-14H,3-5,8-12,15H2,(H,25,29);1H2. The first-order valence-electron chi connectivity index (χ1n) is 10.6. The van der Waals surface area contributed by atoms with E-state index in [9.17, 15) is 9.18 Å². The van der Waals surface area contributed by atoms with Crippen molar-refractivity contribution in [2.45, 2.75) is 25.7 Å². The van der Waals surface area contributed by atoms with Crippen LogP contribution >= 0.6 is 11.5 Å². The Labute approximate surface area is 185 Å². The second-order valence-electron chi connectivity index (χ2n) is 8.12. The number of nitrogens with zero attached hydrogens (tertiary/aromatic N) is 3. The summed E-state index contributed by atoms with van der Waals surface area (Å²) in [5.74, 6) is 0.701. The van der Waals surface area contributed by atoms with E-state index >= 15 is 0 Å². The Hall–Kier alpha value is -2.55. The molecule has 0 saturated carbocycles. The Bertz CT molecular complexity index is 1080. The molecule has 2 aromatic carbocycles. The molecule has 3 heterocycles. The fourth-order valence-electron chi connectivity index (χ4n) is 4.45. The molecule has 2 aliphatic rings. The van der Waals surface area contributed by atoms with E-state index < -0.39 is 0 Å². The minimum atomic E-state index is -0.306. The third kappa shape index (κ3) is 4.56. The van der Waals surface area contributed by atoms with Gasteiger partial charge in [-0.3, -0.25) is 9.69 Å². The number of hydrogen-bond acceptors (Lipinski definition) is 5. The van der Waals surface area contributed by atoms with Crippen molar-refractivity contribution < 1.29 is 14.7 Å². The van der Waals surface area contributed by atoms with Crippen molar-refractivity contribution in [3.05, 3.63) is 53.3 Å². The number of fused-ring (bicyclic) bond motifs is 2. The number of aryl methyl sites for hydroxylation is 1. The summed E-state index contributed by atoms with van der Waals surface area (Å²) >= 11 is 1.58. The Morgan fingerprint density at radius 3 is 2.74 bits per heavy atom. The topological polar surface area (TPSA) is 80.0 Å². The number of hydrogen-bond donors (Lipinski definition) is 1. The summed E-state index contributed by atoms with van der Waals surface area (Å²) in [6, 6.07) is 12.0. The van der Waals surface area contributed by atoms with Crippen LogP contribution in [-0.2, 0) is 17.6 Å². The molecule has 164 valence electrons. The lowest BCUT2D eigenvalue weighted by Gasteiger charge is -2.35. The van der Waals surface area contributed by atoms with Crippen molar-refractivity contribution in [1.82, 2.24) is 9.27 Å². The fraction of sp³-hybridized carbons (Fsp3) is 0.391. The molecular formula is C23H27FN4O2S. The molecule has 0 unspecified atom stereocenters. The van der Waals surface area contributed by atoms with Crippen molar-refractivity contribution in [3.8, 4) is 0 Å². The smallest absolute Gasteiger partial charge is 0.228 e. The summed E-state index contributed by atoms with van der Waals surface area (Å²) < 4.78 is 20.1. The van der Waals surface area contributed by atoms with E-state index in [0.717, 1.165) is 68.9 Å². The number of carbonyl (C=O) groups excluding carboxylic acids is 1. The largest absolute Gasteiger partial charge is 0.412 e. The number of amides is 1. The second-order valence-corrected chi connectivity index (χ2v) is 8.93. The maximum Gasteiger partial charge on any atom is 0.228 e. The first-order chi connectivity index (χ1) is 14.7. The van der Waals surface area contributed by atoms with Gasteiger partial charge in [-0.2, -0.15) is 4.37 Å². The highest BCUT2D eigenvalue weighted by atomic mass is 32.1. The highest BCUT2D eigenvalue weighted by Crippen LogP contribution is 2.30. The third-order valence-electron chi connectivity index (χ3n) is 6.07. The van der Waals surface area contributed by atoms with Crippen LogP contribution < -0.4 is 10.2 Å². The Balaban J connectivity index is 0.00000231. The summed E-state index contributed by atoms with van der Waals surface area (Å²) in [6.07, 6.45) is 3.26. The maximum atomic E-state index is 14.1. The molecule has 0 spiro atoms. The minimum Gasteiger partial charge on any atom is -0.412 e. The van der Waals surface area contributed by atoms with Gasteiger partial charge < -0.3 is 15.7 Å². The molecule has 1 amide bonds. The van der Waals surface area contributed by atoms with Gasteiger partial charge >= 0.3 is 0 Å². The van der Waals surface area contributed by atoms with Gasteiger partial charge in [0.1, 0.15) is 11.6 Å². The number of aromatic nitrogens is 1. The number of anilines is 2. The number of piperazine rings is 1. The number of nitrogens with one attached hydrogen (secondary N) is 1. The van der Waals surface area contributed by atoms with E-state index in [1.54, 1.807) is 17.6 Å². The van der Waals surface area contributed by atoms with Gasteiger partial charge in [-0.1, -0.05) is 18.2 Å². The Morgan fingerprint density at radius 2 is 1.90 bits per heavy atom. The van der Waals surface area contributed by atoms with Crippen molar-refractivity contribution in [1.29, 1.82) is 0 Å². The fourth-order valence-corrected chi connectivity index (χ4v) is 5.25. The molecule has 0 aliphatic carbocycles. The summed E-state index contributed by atoms with van der Waals surface area (Å²) in [6.45, 7) is 5.18. The average Bonchev–Trinajstić information content (AvgIpc) is 3.35. The van der Waals surface area contributed by atoms with Gasteiger partial charge in [0.2, 0.25) is 5.91 Å². The van der Waals surface area contributed by atoms with Crippen LogP contribution in [0.2, 0.25) is 0 Å². The van der Waals surface area contributed by atoms with Crippen LogP contribution in [0.15, 0.2) is 36.4 Å². The lowest BCUT2D eigenvalue weighted by atomic mass is 10.0. The third-order valence-corrected chi connectivity index (χ3v) is 6.88. The van der Waals surface area contributed by atoms with Crippen LogP contribution in [-0.4, -0.2) is 53.4 Å². The van der Waals surface area contributed by atoms with Crippen molar-refractivity contribution in [2.75, 3.05) is 42.9 Å². The first kappa shape index (κ1) is 21.7. The molecule has 0 atom stereocenters.